The van der Waals surface area contributed by atoms with Crippen molar-refractivity contribution in [2.24, 2.45) is 5.10 Å². The molecule has 1 aromatic carbocycles. The SMILES string of the molecule is CCNc1nc(NCC)nc(N/N=C/c2ccc(OC)c(OC)c2OC)n1. The monoisotopic (exact) mass is 375 g/mol. The third kappa shape index (κ3) is 5.09. The molecule has 0 aliphatic heterocycles. The summed E-state index contributed by atoms with van der Waals surface area (Å²) in [5.41, 5.74) is 3.51. The Labute approximate surface area is 158 Å². The summed E-state index contributed by atoms with van der Waals surface area (Å²) in [6.45, 7) is 5.32. The average Bonchev–Trinajstić information content (AvgIpc) is 2.67. The van der Waals surface area contributed by atoms with Gasteiger partial charge in [-0.15, -0.1) is 0 Å². The quantitative estimate of drug-likeness (QED) is 0.424. The number of rotatable bonds is 10. The van der Waals surface area contributed by atoms with E-state index in [0.717, 1.165) is 0 Å². The molecule has 0 fully saturated rings. The third-order valence-corrected chi connectivity index (χ3v) is 3.41. The molecule has 0 unspecified atom stereocenters. The van der Waals surface area contributed by atoms with Gasteiger partial charge in [-0.25, -0.2) is 5.43 Å². The maximum atomic E-state index is 5.43. The molecule has 27 heavy (non-hydrogen) atoms. The first-order valence-electron chi connectivity index (χ1n) is 8.48. The number of benzene rings is 1. The summed E-state index contributed by atoms with van der Waals surface area (Å²) in [5.74, 6) is 2.82. The van der Waals surface area contributed by atoms with Crippen molar-refractivity contribution >= 4 is 24.1 Å². The fourth-order valence-electron chi connectivity index (χ4n) is 2.29. The number of hydrogen-bond donors (Lipinski definition) is 3. The number of methoxy groups -OCH3 is 3. The van der Waals surface area contributed by atoms with Gasteiger partial charge in [0.2, 0.25) is 23.6 Å². The van der Waals surface area contributed by atoms with Gasteiger partial charge in [-0.2, -0.15) is 20.1 Å². The lowest BCUT2D eigenvalue weighted by molar-refractivity contribution is 0.324. The summed E-state index contributed by atoms with van der Waals surface area (Å²) < 4.78 is 16.1. The third-order valence-electron chi connectivity index (χ3n) is 3.41. The van der Waals surface area contributed by atoms with Gasteiger partial charge in [0, 0.05) is 18.7 Å². The van der Waals surface area contributed by atoms with Gasteiger partial charge in [-0.3, -0.25) is 0 Å². The molecule has 1 heterocycles. The Morgan fingerprint density at radius 3 is 1.96 bits per heavy atom. The molecule has 2 aromatic rings. The van der Waals surface area contributed by atoms with Crippen LogP contribution in [0.25, 0.3) is 0 Å². The molecule has 146 valence electrons. The van der Waals surface area contributed by atoms with Crippen molar-refractivity contribution in [3.05, 3.63) is 17.7 Å². The number of hydrazone groups is 1. The van der Waals surface area contributed by atoms with E-state index in [9.17, 15) is 0 Å². The van der Waals surface area contributed by atoms with Crippen LogP contribution in [0.15, 0.2) is 17.2 Å². The molecule has 0 amide bonds. The summed E-state index contributed by atoms with van der Waals surface area (Å²) in [4.78, 5) is 12.8. The zero-order valence-corrected chi connectivity index (χ0v) is 16.2. The predicted octanol–water partition coefficient (Wildman–Crippen LogP) is 2.21. The van der Waals surface area contributed by atoms with Crippen LogP contribution in [-0.2, 0) is 0 Å². The Balaban J connectivity index is 2.24. The molecule has 10 heteroatoms. The van der Waals surface area contributed by atoms with Crippen LogP contribution in [-0.4, -0.2) is 55.6 Å². The van der Waals surface area contributed by atoms with Gasteiger partial charge in [0.25, 0.3) is 0 Å². The molecule has 2 rings (SSSR count). The Kier molecular flexibility index (Phi) is 7.41. The van der Waals surface area contributed by atoms with Crippen LogP contribution >= 0.6 is 0 Å². The van der Waals surface area contributed by atoms with Gasteiger partial charge in [0.1, 0.15) is 0 Å². The van der Waals surface area contributed by atoms with Crippen molar-refractivity contribution in [3.8, 4) is 17.2 Å². The van der Waals surface area contributed by atoms with E-state index < -0.39 is 0 Å². The topological polar surface area (TPSA) is 115 Å². The van der Waals surface area contributed by atoms with Crippen molar-refractivity contribution < 1.29 is 14.2 Å². The van der Waals surface area contributed by atoms with Crippen LogP contribution in [0, 0.1) is 0 Å². The summed E-state index contributed by atoms with van der Waals surface area (Å²) in [5, 5.41) is 10.3. The lowest BCUT2D eigenvalue weighted by atomic mass is 10.2. The molecule has 0 bridgehead atoms. The number of nitrogens with zero attached hydrogens (tertiary/aromatic N) is 4. The van der Waals surface area contributed by atoms with Crippen molar-refractivity contribution in [1.29, 1.82) is 0 Å². The van der Waals surface area contributed by atoms with Gasteiger partial charge in [-0.1, -0.05) is 0 Å². The molecule has 0 atom stereocenters. The molecule has 3 N–H and O–H groups in total. The normalized spacial score (nSPS) is 10.6. The predicted molar refractivity (Wildman–Crippen MR) is 105 cm³/mol. The highest BCUT2D eigenvalue weighted by Crippen LogP contribution is 2.38. The molecule has 0 radical (unpaired) electrons. The molecule has 0 aliphatic carbocycles. The van der Waals surface area contributed by atoms with Crippen LogP contribution in [0.4, 0.5) is 17.8 Å². The maximum Gasteiger partial charge on any atom is 0.250 e. The van der Waals surface area contributed by atoms with Gasteiger partial charge < -0.3 is 24.8 Å². The second kappa shape index (κ2) is 10.00. The minimum absolute atomic E-state index is 0.313. The zero-order chi connectivity index (χ0) is 19.6. The van der Waals surface area contributed by atoms with Crippen molar-refractivity contribution in [3.63, 3.8) is 0 Å². The largest absolute Gasteiger partial charge is 0.493 e. The molecule has 1 aromatic heterocycles. The molecular weight excluding hydrogens is 350 g/mol. The highest BCUT2D eigenvalue weighted by molar-refractivity contribution is 5.86. The van der Waals surface area contributed by atoms with E-state index in [1.54, 1.807) is 33.6 Å². The maximum absolute atomic E-state index is 5.43. The average molecular weight is 375 g/mol. The van der Waals surface area contributed by atoms with Crippen LogP contribution in [0.2, 0.25) is 0 Å². The molecule has 0 saturated heterocycles. The van der Waals surface area contributed by atoms with Crippen molar-refractivity contribution in [2.75, 3.05) is 50.5 Å². The Hall–Kier alpha value is -3.30. The lowest BCUT2D eigenvalue weighted by Gasteiger charge is -2.13. The highest BCUT2D eigenvalue weighted by atomic mass is 16.5. The minimum Gasteiger partial charge on any atom is -0.493 e. The Morgan fingerprint density at radius 1 is 0.852 bits per heavy atom. The number of hydrogen-bond acceptors (Lipinski definition) is 10. The summed E-state index contributed by atoms with van der Waals surface area (Å²) in [7, 11) is 4.67. The van der Waals surface area contributed by atoms with E-state index in [-0.39, 0.29) is 0 Å². The van der Waals surface area contributed by atoms with E-state index in [4.69, 9.17) is 14.2 Å². The standard InChI is InChI=1S/C17H25N7O3/c1-6-18-15-21-16(19-7-2)23-17(22-15)24-20-10-11-8-9-12(25-3)14(27-5)13(11)26-4/h8-10H,6-7H2,1-5H3,(H3,18,19,21,22,23,24)/b20-10+. The molecular formula is C17H25N7O3. The number of aromatic nitrogens is 3. The smallest absolute Gasteiger partial charge is 0.250 e. The summed E-state index contributed by atoms with van der Waals surface area (Å²) in [6, 6.07) is 3.59. The van der Waals surface area contributed by atoms with E-state index >= 15 is 0 Å². The number of ether oxygens (including phenoxy) is 3. The van der Waals surface area contributed by atoms with Crippen LogP contribution < -0.4 is 30.3 Å². The first-order valence-corrected chi connectivity index (χ1v) is 8.48. The number of anilines is 3. The zero-order valence-electron chi connectivity index (χ0n) is 16.2. The van der Waals surface area contributed by atoms with Crippen LogP contribution in [0.5, 0.6) is 17.2 Å². The minimum atomic E-state index is 0.313. The Bertz CT molecular complexity index is 759. The van der Waals surface area contributed by atoms with E-state index in [1.807, 2.05) is 19.9 Å². The Morgan fingerprint density at radius 2 is 1.44 bits per heavy atom. The summed E-state index contributed by atoms with van der Waals surface area (Å²) >= 11 is 0. The lowest BCUT2D eigenvalue weighted by Crippen LogP contribution is -2.10. The molecule has 0 aliphatic rings. The van der Waals surface area contributed by atoms with Crippen LogP contribution in [0.3, 0.4) is 0 Å². The van der Waals surface area contributed by atoms with E-state index in [0.29, 0.717) is 53.7 Å². The highest BCUT2D eigenvalue weighted by Gasteiger charge is 2.14. The molecule has 0 spiro atoms. The second-order valence-corrected chi connectivity index (χ2v) is 5.16. The van der Waals surface area contributed by atoms with E-state index in [1.165, 1.54) is 0 Å². The van der Waals surface area contributed by atoms with E-state index in [2.05, 4.69) is 36.1 Å². The number of nitrogens with one attached hydrogen (secondary N) is 3. The van der Waals surface area contributed by atoms with Gasteiger partial charge in [-0.05, 0) is 26.0 Å². The fraction of sp³-hybridized carbons (Fsp3) is 0.412. The summed E-state index contributed by atoms with van der Waals surface area (Å²) in [6.07, 6.45) is 1.59. The fourth-order valence-corrected chi connectivity index (χ4v) is 2.29. The van der Waals surface area contributed by atoms with Gasteiger partial charge in [0.05, 0.1) is 27.5 Å². The van der Waals surface area contributed by atoms with Gasteiger partial charge in [0.15, 0.2) is 11.5 Å². The van der Waals surface area contributed by atoms with Crippen molar-refractivity contribution in [1.82, 2.24) is 15.0 Å². The molecule has 10 nitrogen and oxygen atoms in total. The first-order chi connectivity index (χ1) is 13.2. The van der Waals surface area contributed by atoms with Crippen molar-refractivity contribution in [2.45, 2.75) is 13.8 Å². The van der Waals surface area contributed by atoms with Gasteiger partial charge >= 0.3 is 0 Å². The molecule has 0 saturated carbocycles. The first kappa shape index (κ1) is 20.0. The van der Waals surface area contributed by atoms with Crippen LogP contribution in [0.1, 0.15) is 19.4 Å². The second-order valence-electron chi connectivity index (χ2n) is 5.16.